The Morgan fingerprint density at radius 2 is 1.73 bits per heavy atom. The number of carbonyl (C=O) groups excluding carboxylic acids is 2. The van der Waals surface area contributed by atoms with Crippen LogP contribution in [-0.4, -0.2) is 35.0 Å². The van der Waals surface area contributed by atoms with Gasteiger partial charge in [0, 0.05) is 50.6 Å². The van der Waals surface area contributed by atoms with Gasteiger partial charge in [-0.2, -0.15) is 5.10 Å². The Hall–Kier alpha value is -3.37. The number of sulfonamides is 1. The summed E-state index contributed by atoms with van der Waals surface area (Å²) in [6.45, 7) is 0.0614. The van der Waals surface area contributed by atoms with E-state index in [1.807, 2.05) is 19.2 Å². The second-order valence-electron chi connectivity index (χ2n) is 6.86. The number of pyridine rings is 1. The largest absolute Gasteiger partial charge is 0.274 e. The molecule has 0 aliphatic carbocycles. The van der Waals surface area contributed by atoms with Crippen molar-refractivity contribution in [3.05, 3.63) is 60.6 Å². The summed E-state index contributed by atoms with van der Waals surface area (Å²) < 4.78 is 29.5. The van der Waals surface area contributed by atoms with E-state index >= 15 is 0 Å². The summed E-state index contributed by atoms with van der Waals surface area (Å²) in [6, 6.07) is 9.37. The van der Waals surface area contributed by atoms with Gasteiger partial charge in [0.15, 0.2) is 0 Å². The van der Waals surface area contributed by atoms with E-state index in [4.69, 9.17) is 0 Å². The van der Waals surface area contributed by atoms with Crippen LogP contribution in [0.1, 0.15) is 18.4 Å². The first-order valence-electron chi connectivity index (χ1n) is 9.23. The third kappa shape index (κ3) is 3.87. The van der Waals surface area contributed by atoms with Crippen LogP contribution < -0.4 is 9.62 Å². The predicted octanol–water partition coefficient (Wildman–Crippen LogP) is 1.61. The van der Waals surface area contributed by atoms with Crippen molar-refractivity contribution in [3.8, 4) is 11.3 Å². The van der Waals surface area contributed by atoms with Gasteiger partial charge in [-0.25, -0.2) is 13.1 Å². The average Bonchev–Trinajstić information content (AvgIpc) is 3.32. The highest BCUT2D eigenvalue weighted by molar-refractivity contribution is 7.89. The minimum absolute atomic E-state index is 0.0427. The fourth-order valence-electron chi connectivity index (χ4n) is 3.28. The maximum atomic E-state index is 12.6. The van der Waals surface area contributed by atoms with E-state index in [-0.39, 0.29) is 36.1 Å². The molecule has 1 saturated heterocycles. The summed E-state index contributed by atoms with van der Waals surface area (Å²) >= 11 is 0. The molecule has 9 nitrogen and oxygen atoms in total. The molecule has 2 amide bonds. The Balaban J connectivity index is 1.48. The molecule has 10 heteroatoms. The molecule has 0 radical (unpaired) electrons. The van der Waals surface area contributed by atoms with Crippen LogP contribution >= 0.6 is 0 Å². The van der Waals surface area contributed by atoms with Crippen LogP contribution in [0.5, 0.6) is 0 Å². The first kappa shape index (κ1) is 19.9. The van der Waals surface area contributed by atoms with Crippen molar-refractivity contribution in [1.29, 1.82) is 0 Å². The lowest BCUT2D eigenvalue weighted by Gasteiger charge is -2.14. The zero-order valence-corrected chi connectivity index (χ0v) is 17.0. The number of aromatic nitrogens is 3. The number of benzene rings is 1. The normalized spacial score (nSPS) is 14.5. The number of nitrogens with zero attached hydrogens (tertiary/aromatic N) is 4. The number of hydrogen-bond acceptors (Lipinski definition) is 6. The topological polar surface area (TPSA) is 114 Å². The Morgan fingerprint density at radius 1 is 1.03 bits per heavy atom. The Bertz CT molecular complexity index is 1200. The maximum Gasteiger partial charge on any atom is 0.240 e. The van der Waals surface area contributed by atoms with Crippen LogP contribution in [0.4, 0.5) is 5.69 Å². The van der Waals surface area contributed by atoms with E-state index in [0.29, 0.717) is 11.3 Å². The number of hydrogen-bond donors (Lipinski definition) is 1. The molecule has 0 bridgehead atoms. The van der Waals surface area contributed by atoms with Crippen molar-refractivity contribution in [2.75, 3.05) is 4.90 Å². The van der Waals surface area contributed by atoms with Gasteiger partial charge in [-0.3, -0.25) is 24.2 Å². The molecule has 1 N–H and O–H groups in total. The summed E-state index contributed by atoms with van der Waals surface area (Å²) in [7, 11) is -1.97. The van der Waals surface area contributed by atoms with E-state index in [2.05, 4.69) is 14.8 Å². The fraction of sp³-hybridized carbons (Fsp3) is 0.200. The average molecular weight is 425 g/mol. The van der Waals surface area contributed by atoms with Crippen molar-refractivity contribution in [2.45, 2.75) is 24.3 Å². The minimum Gasteiger partial charge on any atom is -0.274 e. The standard InChI is InChI=1S/C20H19N5O4S/c1-24-18(8-9-22-24)15-10-14(11-21-13-15)12-23-30(28,29)17-4-2-16(3-5-17)25-19(26)6-7-20(25)27/h2-5,8-11,13,23H,6-7,12H2,1H3. The van der Waals surface area contributed by atoms with Gasteiger partial charge < -0.3 is 0 Å². The molecule has 0 atom stereocenters. The van der Waals surface area contributed by atoms with Crippen LogP contribution in [-0.2, 0) is 33.2 Å². The van der Waals surface area contributed by atoms with Crippen molar-refractivity contribution < 1.29 is 18.0 Å². The second kappa shape index (κ2) is 7.81. The van der Waals surface area contributed by atoms with E-state index < -0.39 is 10.0 Å². The zero-order valence-electron chi connectivity index (χ0n) is 16.1. The van der Waals surface area contributed by atoms with Gasteiger partial charge in [0.1, 0.15) is 0 Å². The van der Waals surface area contributed by atoms with Gasteiger partial charge in [0.05, 0.1) is 16.3 Å². The molecule has 1 aliphatic rings. The second-order valence-corrected chi connectivity index (χ2v) is 8.63. The molecule has 0 saturated carbocycles. The van der Waals surface area contributed by atoms with Gasteiger partial charge in [-0.05, 0) is 42.0 Å². The lowest BCUT2D eigenvalue weighted by atomic mass is 10.1. The highest BCUT2D eigenvalue weighted by Gasteiger charge is 2.30. The van der Waals surface area contributed by atoms with E-state index in [1.54, 1.807) is 23.3 Å². The summed E-state index contributed by atoms with van der Waals surface area (Å²) in [6.07, 6.45) is 5.31. The number of nitrogens with one attached hydrogen (secondary N) is 1. The molecule has 3 heterocycles. The number of amides is 2. The van der Waals surface area contributed by atoms with Crippen LogP contribution in [0, 0.1) is 0 Å². The first-order valence-corrected chi connectivity index (χ1v) is 10.7. The molecule has 1 aromatic carbocycles. The molecule has 3 aromatic rings. The monoisotopic (exact) mass is 425 g/mol. The molecular formula is C20H19N5O4S. The van der Waals surface area contributed by atoms with Crippen molar-refractivity contribution in [3.63, 3.8) is 0 Å². The first-order chi connectivity index (χ1) is 14.3. The van der Waals surface area contributed by atoms with Gasteiger partial charge >= 0.3 is 0 Å². The highest BCUT2D eigenvalue weighted by atomic mass is 32.2. The zero-order chi connectivity index (χ0) is 21.3. The smallest absolute Gasteiger partial charge is 0.240 e. The van der Waals surface area contributed by atoms with Crippen LogP contribution in [0.2, 0.25) is 0 Å². The third-order valence-corrected chi connectivity index (χ3v) is 6.25. The molecule has 154 valence electrons. The number of rotatable bonds is 6. The molecule has 1 fully saturated rings. The third-order valence-electron chi connectivity index (χ3n) is 4.83. The predicted molar refractivity (Wildman–Crippen MR) is 109 cm³/mol. The molecule has 0 spiro atoms. The van der Waals surface area contributed by atoms with E-state index in [9.17, 15) is 18.0 Å². The van der Waals surface area contributed by atoms with Crippen molar-refractivity contribution >= 4 is 27.5 Å². The molecule has 4 rings (SSSR count). The van der Waals surface area contributed by atoms with Gasteiger partial charge in [0.25, 0.3) is 0 Å². The Kier molecular flexibility index (Phi) is 5.18. The number of anilines is 1. The number of imide groups is 1. The van der Waals surface area contributed by atoms with Crippen LogP contribution in [0.25, 0.3) is 11.3 Å². The molecule has 30 heavy (non-hydrogen) atoms. The van der Waals surface area contributed by atoms with Gasteiger partial charge in [-0.15, -0.1) is 0 Å². The fourth-order valence-corrected chi connectivity index (χ4v) is 4.30. The molecular weight excluding hydrogens is 406 g/mol. The van der Waals surface area contributed by atoms with E-state index in [0.717, 1.165) is 16.2 Å². The maximum absolute atomic E-state index is 12.6. The minimum atomic E-state index is -3.78. The lowest BCUT2D eigenvalue weighted by molar-refractivity contribution is -0.121. The van der Waals surface area contributed by atoms with Crippen molar-refractivity contribution in [2.24, 2.45) is 7.05 Å². The van der Waals surface area contributed by atoms with Crippen LogP contribution in [0.3, 0.4) is 0 Å². The quantitative estimate of drug-likeness (QED) is 0.600. The lowest BCUT2D eigenvalue weighted by Crippen LogP contribution is -2.28. The summed E-state index contributed by atoms with van der Waals surface area (Å²) in [5, 5.41) is 4.12. The summed E-state index contributed by atoms with van der Waals surface area (Å²) in [5.41, 5.74) is 2.77. The highest BCUT2D eigenvalue weighted by Crippen LogP contribution is 2.24. The summed E-state index contributed by atoms with van der Waals surface area (Å²) in [5.74, 6) is -0.566. The Morgan fingerprint density at radius 3 is 2.37 bits per heavy atom. The van der Waals surface area contributed by atoms with Gasteiger partial charge in [0.2, 0.25) is 21.8 Å². The van der Waals surface area contributed by atoms with Crippen LogP contribution in [0.15, 0.2) is 59.9 Å². The molecule has 1 aliphatic heterocycles. The number of carbonyl (C=O) groups is 2. The Labute approximate surface area is 173 Å². The molecule has 2 aromatic heterocycles. The van der Waals surface area contributed by atoms with E-state index in [1.165, 1.54) is 24.3 Å². The van der Waals surface area contributed by atoms with Gasteiger partial charge in [-0.1, -0.05) is 0 Å². The summed E-state index contributed by atoms with van der Waals surface area (Å²) in [4.78, 5) is 29.0. The van der Waals surface area contributed by atoms with Crippen molar-refractivity contribution in [1.82, 2.24) is 19.5 Å². The number of aryl methyl sites for hydroxylation is 1. The molecule has 0 unspecified atom stereocenters. The SMILES string of the molecule is Cn1nccc1-c1cncc(CNS(=O)(=O)c2ccc(N3C(=O)CCC3=O)cc2)c1.